The van der Waals surface area contributed by atoms with Crippen molar-refractivity contribution in [1.29, 1.82) is 0 Å². The first-order chi connectivity index (χ1) is 16.6. The van der Waals surface area contributed by atoms with E-state index >= 15 is 0 Å². The minimum Gasteiger partial charge on any atom is -0.390 e. The molecule has 6 heteroatoms. The molecule has 6 nitrogen and oxygen atoms in total. The highest BCUT2D eigenvalue weighted by molar-refractivity contribution is 6.30. The number of nitrogens with one attached hydrogen (secondary N) is 1. The summed E-state index contributed by atoms with van der Waals surface area (Å²) in [5, 5.41) is 18.7. The summed E-state index contributed by atoms with van der Waals surface area (Å²) in [7, 11) is 2.11. The Kier molecular flexibility index (Phi) is 4.32. The third-order valence-electron chi connectivity index (χ3n) is 7.87. The zero-order chi connectivity index (χ0) is 23.0. The van der Waals surface area contributed by atoms with Crippen LogP contribution in [0.4, 0.5) is 0 Å². The van der Waals surface area contributed by atoms with Crippen LogP contribution in [0.2, 0.25) is 0 Å². The Morgan fingerprint density at radius 3 is 2.35 bits per heavy atom. The van der Waals surface area contributed by atoms with Crippen LogP contribution < -0.4 is 5.32 Å². The minimum atomic E-state index is -0.482. The quantitative estimate of drug-likeness (QED) is 0.431. The Labute approximate surface area is 197 Å². The van der Waals surface area contributed by atoms with Crippen LogP contribution >= 0.6 is 0 Å². The maximum absolute atomic E-state index is 13.2. The van der Waals surface area contributed by atoms with Gasteiger partial charge in [-0.2, -0.15) is 0 Å². The SMILES string of the molecule is Cn1c2ccccc2c2c3c(c4c5ccccc5n(CC(O)CN5CCCC5)c4c21)C(=O)NC3. The molecular weight excluding hydrogens is 424 g/mol. The van der Waals surface area contributed by atoms with Crippen LogP contribution in [0.1, 0.15) is 28.8 Å². The Bertz CT molecular complexity index is 1620. The molecule has 2 N–H and O–H groups in total. The lowest BCUT2D eigenvalue weighted by Crippen LogP contribution is -2.32. The predicted molar refractivity (Wildman–Crippen MR) is 136 cm³/mol. The summed E-state index contributed by atoms with van der Waals surface area (Å²) < 4.78 is 4.52. The van der Waals surface area contributed by atoms with Crippen LogP contribution in [0, 0.1) is 0 Å². The summed E-state index contributed by atoms with van der Waals surface area (Å²) in [6.45, 7) is 3.84. The Hall–Kier alpha value is -3.35. The van der Waals surface area contributed by atoms with Crippen LogP contribution in [0.25, 0.3) is 43.6 Å². The smallest absolute Gasteiger partial charge is 0.252 e. The number of aryl methyl sites for hydroxylation is 1. The van der Waals surface area contributed by atoms with Gasteiger partial charge in [-0.25, -0.2) is 0 Å². The van der Waals surface area contributed by atoms with E-state index in [4.69, 9.17) is 0 Å². The van der Waals surface area contributed by atoms with Gasteiger partial charge in [-0.3, -0.25) is 4.79 Å². The highest BCUT2D eigenvalue weighted by Crippen LogP contribution is 2.44. The fourth-order valence-electron chi connectivity index (χ4n) is 6.46. The van der Waals surface area contributed by atoms with Crippen molar-refractivity contribution in [2.75, 3.05) is 19.6 Å². The van der Waals surface area contributed by atoms with Crippen LogP contribution in [0.15, 0.2) is 48.5 Å². The molecule has 0 bridgehead atoms. The van der Waals surface area contributed by atoms with Crippen molar-refractivity contribution in [3.8, 4) is 0 Å². The zero-order valence-electron chi connectivity index (χ0n) is 19.3. The van der Waals surface area contributed by atoms with Gasteiger partial charge in [-0.1, -0.05) is 36.4 Å². The Morgan fingerprint density at radius 2 is 1.59 bits per heavy atom. The highest BCUT2D eigenvalue weighted by atomic mass is 16.3. The summed E-state index contributed by atoms with van der Waals surface area (Å²) in [4.78, 5) is 15.5. The molecule has 3 aromatic carbocycles. The summed E-state index contributed by atoms with van der Waals surface area (Å²) in [5.74, 6) is -0.00430. The molecule has 0 saturated carbocycles. The molecule has 1 unspecified atom stereocenters. The fraction of sp³-hybridized carbons (Fsp3) is 0.321. The molecule has 2 aromatic heterocycles. The molecule has 2 aliphatic rings. The first kappa shape index (κ1) is 20.1. The topological polar surface area (TPSA) is 62.4 Å². The van der Waals surface area contributed by atoms with Crippen molar-refractivity contribution in [1.82, 2.24) is 19.4 Å². The first-order valence-electron chi connectivity index (χ1n) is 12.2. The molecule has 1 atom stereocenters. The average molecular weight is 453 g/mol. The summed E-state index contributed by atoms with van der Waals surface area (Å²) in [5.41, 5.74) is 6.29. The number of fused-ring (bicyclic) bond motifs is 10. The van der Waals surface area contributed by atoms with Gasteiger partial charge in [-0.15, -0.1) is 0 Å². The second kappa shape index (κ2) is 7.32. The van der Waals surface area contributed by atoms with Crippen molar-refractivity contribution >= 4 is 49.5 Å². The van der Waals surface area contributed by atoms with Gasteiger partial charge in [0.05, 0.1) is 29.2 Å². The third kappa shape index (κ3) is 2.67. The number of para-hydroxylation sites is 2. The number of nitrogens with zero attached hydrogens (tertiary/aromatic N) is 3. The molecule has 1 saturated heterocycles. The van der Waals surface area contributed by atoms with Crippen molar-refractivity contribution in [3.05, 3.63) is 59.7 Å². The maximum atomic E-state index is 13.2. The van der Waals surface area contributed by atoms with Gasteiger partial charge in [0.2, 0.25) is 0 Å². The van der Waals surface area contributed by atoms with E-state index < -0.39 is 6.10 Å². The largest absolute Gasteiger partial charge is 0.390 e. The van der Waals surface area contributed by atoms with Gasteiger partial charge in [0.1, 0.15) is 0 Å². The zero-order valence-corrected chi connectivity index (χ0v) is 19.3. The van der Waals surface area contributed by atoms with Gasteiger partial charge in [-0.05, 0) is 43.6 Å². The monoisotopic (exact) mass is 452 g/mol. The predicted octanol–water partition coefficient (Wildman–Crippen LogP) is 4.14. The molecule has 7 rings (SSSR count). The van der Waals surface area contributed by atoms with Crippen molar-refractivity contribution in [3.63, 3.8) is 0 Å². The van der Waals surface area contributed by atoms with Crippen LogP contribution in [0.5, 0.6) is 0 Å². The molecule has 0 aliphatic carbocycles. The molecule has 34 heavy (non-hydrogen) atoms. The number of hydrogen-bond acceptors (Lipinski definition) is 3. The second-order valence-electron chi connectivity index (χ2n) is 9.85. The number of amides is 1. The van der Waals surface area contributed by atoms with Gasteiger partial charge in [0, 0.05) is 52.7 Å². The number of rotatable bonds is 4. The van der Waals surface area contributed by atoms with E-state index in [1.165, 1.54) is 18.2 Å². The minimum absolute atomic E-state index is 0.00430. The van der Waals surface area contributed by atoms with E-state index in [9.17, 15) is 9.90 Å². The summed E-state index contributed by atoms with van der Waals surface area (Å²) in [6.07, 6.45) is 1.93. The number of aliphatic hydroxyl groups is 1. The lowest BCUT2D eigenvalue weighted by atomic mass is 9.97. The third-order valence-corrected chi connectivity index (χ3v) is 7.87. The lowest BCUT2D eigenvalue weighted by molar-refractivity contribution is 0.0967. The molecule has 0 spiro atoms. The summed E-state index contributed by atoms with van der Waals surface area (Å²) in [6, 6.07) is 16.7. The number of aromatic nitrogens is 2. The molecule has 1 fully saturated rings. The first-order valence-corrected chi connectivity index (χ1v) is 12.2. The molecule has 0 radical (unpaired) electrons. The van der Waals surface area contributed by atoms with E-state index in [1.54, 1.807) is 0 Å². The highest BCUT2D eigenvalue weighted by Gasteiger charge is 2.32. The lowest BCUT2D eigenvalue weighted by Gasteiger charge is -2.21. The normalized spacial score (nSPS) is 17.4. The number of likely N-dealkylation sites (tertiary alicyclic amines) is 1. The molecular formula is C28H28N4O2. The maximum Gasteiger partial charge on any atom is 0.252 e. The number of hydrogen-bond donors (Lipinski definition) is 2. The van der Waals surface area contributed by atoms with Crippen molar-refractivity contribution < 1.29 is 9.90 Å². The van der Waals surface area contributed by atoms with E-state index in [1.807, 2.05) is 12.1 Å². The van der Waals surface area contributed by atoms with Gasteiger partial charge < -0.3 is 24.5 Å². The Balaban J connectivity index is 1.59. The van der Waals surface area contributed by atoms with Crippen molar-refractivity contribution in [2.45, 2.75) is 32.0 Å². The standard InChI is InChI=1S/C28H28N4O2/c1-30-21-10-4-2-8-18(21)23-20-14-29-28(34)25(20)24-19-9-3-5-11-22(19)32(27(24)26(23)30)16-17(33)15-31-12-6-7-13-31/h2-5,8-11,17,33H,6-7,12-16H2,1H3,(H,29,34). The molecule has 2 aliphatic heterocycles. The van der Waals surface area contributed by atoms with E-state index in [-0.39, 0.29) is 5.91 Å². The fourth-order valence-corrected chi connectivity index (χ4v) is 6.46. The second-order valence-corrected chi connectivity index (χ2v) is 9.85. The van der Waals surface area contributed by atoms with Crippen LogP contribution in [-0.2, 0) is 20.1 Å². The molecule has 5 aromatic rings. The number of carbonyl (C=O) groups is 1. The molecule has 172 valence electrons. The van der Waals surface area contributed by atoms with E-state index in [2.05, 4.69) is 62.8 Å². The van der Waals surface area contributed by atoms with E-state index in [0.29, 0.717) is 19.6 Å². The number of β-amino-alcohol motifs (C(OH)–C–C–N with tert-alkyl or cyclic N) is 1. The average Bonchev–Trinajstić information content (AvgIpc) is 3.61. The van der Waals surface area contributed by atoms with E-state index in [0.717, 1.165) is 62.4 Å². The molecule has 1 amide bonds. The van der Waals surface area contributed by atoms with Crippen molar-refractivity contribution in [2.24, 2.45) is 7.05 Å². The summed E-state index contributed by atoms with van der Waals surface area (Å²) >= 11 is 0. The Morgan fingerprint density at radius 1 is 0.912 bits per heavy atom. The van der Waals surface area contributed by atoms with Gasteiger partial charge in [0.15, 0.2) is 0 Å². The number of benzene rings is 3. The van der Waals surface area contributed by atoms with Crippen LogP contribution in [-0.4, -0.2) is 50.8 Å². The van der Waals surface area contributed by atoms with Gasteiger partial charge >= 0.3 is 0 Å². The molecule has 4 heterocycles. The van der Waals surface area contributed by atoms with Gasteiger partial charge in [0.25, 0.3) is 5.91 Å². The van der Waals surface area contributed by atoms with Crippen LogP contribution in [0.3, 0.4) is 0 Å². The number of aliphatic hydroxyl groups excluding tert-OH is 1. The number of carbonyl (C=O) groups excluding carboxylic acids is 1.